The number of aromatic amines is 1. The van der Waals surface area contributed by atoms with Crippen LogP contribution in [0.1, 0.15) is 18.1 Å². The molecule has 4 nitrogen and oxygen atoms in total. The second kappa shape index (κ2) is 7.16. The second-order valence-electron chi connectivity index (χ2n) is 5.64. The number of nitrogens with one attached hydrogen (secondary N) is 1. The normalized spacial score (nSPS) is 12.3. The molecule has 1 N–H and O–H groups in total. The highest BCUT2D eigenvalue weighted by atomic mass is 35.5. The molecule has 0 radical (unpaired) electrons. The highest BCUT2D eigenvalue weighted by Gasteiger charge is 2.24. The van der Waals surface area contributed by atoms with Crippen molar-refractivity contribution in [3.63, 3.8) is 0 Å². The molecule has 7 heteroatoms. The molecule has 0 aliphatic rings. The summed E-state index contributed by atoms with van der Waals surface area (Å²) in [6.07, 6.45) is 3.88. The Kier molecular flexibility index (Phi) is 5.10. The fourth-order valence-electron chi connectivity index (χ4n) is 2.77. The van der Waals surface area contributed by atoms with E-state index in [9.17, 15) is 13.7 Å². The van der Waals surface area contributed by atoms with Crippen molar-refractivity contribution >= 4 is 50.0 Å². The molecule has 3 rings (SSSR count). The third-order valence-corrected chi connectivity index (χ3v) is 6.47. The molecule has 1 heterocycles. The topological polar surface area (TPSA) is 73.7 Å². The molecular formula is C19H14Cl2N2O2S. The Morgan fingerprint density at radius 3 is 2.73 bits per heavy atom. The maximum absolute atomic E-state index is 12.9. The number of nitriles is 1. The second-order valence-corrected chi connectivity index (χ2v) is 8.37. The van der Waals surface area contributed by atoms with Crippen molar-refractivity contribution in [1.82, 2.24) is 4.98 Å². The van der Waals surface area contributed by atoms with E-state index in [1.165, 1.54) is 24.3 Å². The van der Waals surface area contributed by atoms with E-state index in [0.717, 1.165) is 22.9 Å². The predicted octanol–water partition coefficient (Wildman–Crippen LogP) is 5.38. The molecule has 0 bridgehead atoms. The minimum Gasteiger partial charge on any atom is -0.360 e. The van der Waals surface area contributed by atoms with Gasteiger partial charge in [-0.3, -0.25) is 0 Å². The number of rotatable bonds is 4. The minimum absolute atomic E-state index is 0.0164. The number of nitrogens with zero attached hydrogens (tertiary/aromatic N) is 1. The summed E-state index contributed by atoms with van der Waals surface area (Å²) < 4.78 is 25.8. The maximum Gasteiger partial charge on any atom is 0.218 e. The molecule has 0 fully saturated rings. The molecule has 3 aromatic rings. The van der Waals surface area contributed by atoms with Crippen LogP contribution in [-0.4, -0.2) is 13.4 Å². The van der Waals surface area contributed by atoms with Crippen molar-refractivity contribution in [1.29, 1.82) is 5.26 Å². The highest BCUT2D eigenvalue weighted by Crippen LogP contribution is 2.31. The Morgan fingerprint density at radius 2 is 2.04 bits per heavy atom. The number of halogens is 2. The van der Waals surface area contributed by atoms with E-state index in [1.807, 2.05) is 25.1 Å². The number of H-pyrrole nitrogens is 1. The lowest BCUT2D eigenvalue weighted by molar-refractivity contribution is 0.603. The summed E-state index contributed by atoms with van der Waals surface area (Å²) in [5.74, 6) is 0. The summed E-state index contributed by atoms with van der Waals surface area (Å²) >= 11 is 11.9. The summed E-state index contributed by atoms with van der Waals surface area (Å²) in [6, 6.07) is 11.7. The first kappa shape index (κ1) is 18.5. The Hall–Kier alpha value is -2.26. The van der Waals surface area contributed by atoms with Gasteiger partial charge in [0.15, 0.2) is 0 Å². The van der Waals surface area contributed by atoms with Gasteiger partial charge in [0, 0.05) is 27.7 Å². The number of benzene rings is 2. The van der Waals surface area contributed by atoms with Gasteiger partial charge in [-0.1, -0.05) is 48.3 Å². The zero-order valence-corrected chi connectivity index (χ0v) is 16.1. The first-order valence-electron chi connectivity index (χ1n) is 7.79. The summed E-state index contributed by atoms with van der Waals surface area (Å²) in [4.78, 5) is 2.57. The number of hydrogen-bond acceptors (Lipinski definition) is 3. The van der Waals surface area contributed by atoms with Crippen LogP contribution in [0.3, 0.4) is 0 Å². The average Bonchev–Trinajstić information content (AvgIpc) is 3.04. The van der Waals surface area contributed by atoms with Gasteiger partial charge in [-0.05, 0) is 36.3 Å². The van der Waals surface area contributed by atoms with Gasteiger partial charge < -0.3 is 4.98 Å². The van der Waals surface area contributed by atoms with E-state index in [4.69, 9.17) is 23.2 Å². The molecule has 132 valence electrons. The van der Waals surface area contributed by atoms with Crippen LogP contribution in [0, 0.1) is 11.3 Å². The van der Waals surface area contributed by atoms with Gasteiger partial charge in [-0.2, -0.15) is 5.26 Å². The molecule has 0 aliphatic carbocycles. The monoisotopic (exact) mass is 404 g/mol. The van der Waals surface area contributed by atoms with Gasteiger partial charge >= 0.3 is 0 Å². The minimum atomic E-state index is -4.10. The van der Waals surface area contributed by atoms with Crippen LogP contribution in [0.25, 0.3) is 17.0 Å². The quantitative estimate of drug-likeness (QED) is 0.593. The lowest BCUT2D eigenvalue weighted by Gasteiger charge is -2.06. The van der Waals surface area contributed by atoms with Gasteiger partial charge in [0.05, 0.1) is 9.92 Å². The number of hydrogen-bond donors (Lipinski definition) is 1. The van der Waals surface area contributed by atoms with Crippen LogP contribution in [0.4, 0.5) is 0 Å². The fourth-order valence-corrected chi connectivity index (χ4v) is 4.67. The lowest BCUT2D eigenvalue weighted by Crippen LogP contribution is -2.04. The molecule has 2 aromatic carbocycles. The summed E-state index contributed by atoms with van der Waals surface area (Å²) in [7, 11) is -4.10. The first-order valence-corrected chi connectivity index (χ1v) is 10.0. The molecule has 0 spiro atoms. The highest BCUT2D eigenvalue weighted by molar-refractivity contribution is 7.95. The van der Waals surface area contributed by atoms with E-state index >= 15 is 0 Å². The summed E-state index contributed by atoms with van der Waals surface area (Å²) in [5.41, 5.74) is 2.66. The van der Waals surface area contributed by atoms with Crippen molar-refractivity contribution in [3.8, 4) is 6.07 Å². The van der Waals surface area contributed by atoms with E-state index in [0.29, 0.717) is 5.56 Å². The SMILES string of the molecule is CCc1cccc2c(/C=C(\C#N)S(=O)(=O)c3cc(Cl)ccc3Cl)c[nH]c12. The van der Waals surface area contributed by atoms with Crippen molar-refractivity contribution in [2.45, 2.75) is 18.2 Å². The third kappa shape index (κ3) is 3.24. The summed E-state index contributed by atoms with van der Waals surface area (Å²) in [6.45, 7) is 2.04. The van der Waals surface area contributed by atoms with E-state index < -0.39 is 14.7 Å². The fraction of sp³-hybridized carbons (Fsp3) is 0.105. The molecule has 0 amide bonds. The maximum atomic E-state index is 12.9. The zero-order chi connectivity index (χ0) is 18.9. The number of para-hydroxylation sites is 1. The Bertz CT molecular complexity index is 1170. The molecule has 1 aromatic heterocycles. The Balaban J connectivity index is 2.18. The van der Waals surface area contributed by atoms with Crippen LogP contribution in [0.2, 0.25) is 10.0 Å². The van der Waals surface area contributed by atoms with E-state index in [2.05, 4.69) is 4.98 Å². The van der Waals surface area contributed by atoms with Crippen molar-refractivity contribution in [2.75, 3.05) is 0 Å². The molecule has 0 atom stereocenters. The molecular weight excluding hydrogens is 391 g/mol. The van der Waals surface area contributed by atoms with Crippen LogP contribution < -0.4 is 0 Å². The van der Waals surface area contributed by atoms with E-state index in [-0.39, 0.29) is 14.9 Å². The first-order chi connectivity index (χ1) is 12.4. The molecule has 26 heavy (non-hydrogen) atoms. The molecule has 0 unspecified atom stereocenters. The van der Waals surface area contributed by atoms with Crippen LogP contribution in [0.15, 0.2) is 52.4 Å². The number of sulfone groups is 1. The number of aromatic nitrogens is 1. The largest absolute Gasteiger partial charge is 0.360 e. The Morgan fingerprint density at radius 1 is 1.27 bits per heavy atom. The van der Waals surface area contributed by atoms with E-state index in [1.54, 1.807) is 12.3 Å². The Labute approximate surface area is 161 Å². The molecule has 0 saturated carbocycles. The molecule has 0 saturated heterocycles. The number of fused-ring (bicyclic) bond motifs is 1. The molecule has 0 aliphatic heterocycles. The standard InChI is InChI=1S/C19H14Cl2N2O2S/c1-2-12-4-3-5-16-13(11-23-19(12)16)8-15(10-22)26(24,25)18-9-14(20)6-7-17(18)21/h3-9,11,23H,2H2,1H3/b15-8+. The van der Waals surface area contributed by atoms with Gasteiger partial charge in [0.2, 0.25) is 9.84 Å². The average molecular weight is 405 g/mol. The summed E-state index contributed by atoms with van der Waals surface area (Å²) in [5, 5.41) is 10.6. The predicted molar refractivity (Wildman–Crippen MR) is 105 cm³/mol. The lowest BCUT2D eigenvalue weighted by atomic mass is 10.1. The van der Waals surface area contributed by atoms with Gasteiger partial charge in [-0.15, -0.1) is 0 Å². The van der Waals surface area contributed by atoms with Crippen molar-refractivity contribution < 1.29 is 8.42 Å². The van der Waals surface area contributed by atoms with Crippen LogP contribution in [0.5, 0.6) is 0 Å². The third-order valence-electron chi connectivity index (χ3n) is 4.08. The van der Waals surface area contributed by atoms with Crippen molar-refractivity contribution in [2.24, 2.45) is 0 Å². The van der Waals surface area contributed by atoms with Crippen molar-refractivity contribution in [3.05, 3.63) is 68.7 Å². The van der Waals surface area contributed by atoms with Crippen LogP contribution in [-0.2, 0) is 16.3 Å². The zero-order valence-electron chi connectivity index (χ0n) is 13.8. The number of allylic oxidation sites excluding steroid dienone is 1. The number of aryl methyl sites for hydroxylation is 1. The van der Waals surface area contributed by atoms with Gasteiger partial charge in [0.25, 0.3) is 0 Å². The van der Waals surface area contributed by atoms with Gasteiger partial charge in [-0.25, -0.2) is 8.42 Å². The van der Waals surface area contributed by atoms with Crippen LogP contribution >= 0.6 is 23.2 Å². The van der Waals surface area contributed by atoms with Gasteiger partial charge in [0.1, 0.15) is 11.0 Å². The smallest absolute Gasteiger partial charge is 0.218 e.